The molecule has 3 rings (SSSR count). The van der Waals surface area contributed by atoms with Crippen molar-refractivity contribution >= 4 is 17.2 Å². The van der Waals surface area contributed by atoms with Crippen LogP contribution in [-0.4, -0.2) is 52.4 Å². The fourth-order valence-electron chi connectivity index (χ4n) is 3.34. The standard InChI is InChI=1S/C18H29N3OS/c1-5-20-10-8-14(9-11-20)21(13-6-7-13)16(22)15-12-23-17(19-15)18(2,3)4/h12-14H,5-11H2,1-4H3. The normalized spacial score (nSPS) is 20.7. The van der Waals surface area contributed by atoms with Crippen molar-refractivity contribution in [3.05, 3.63) is 16.1 Å². The van der Waals surface area contributed by atoms with E-state index in [0.29, 0.717) is 17.8 Å². The summed E-state index contributed by atoms with van der Waals surface area (Å²) in [6.45, 7) is 12.0. The number of thiazole rings is 1. The van der Waals surface area contributed by atoms with Gasteiger partial charge in [0, 0.05) is 36.0 Å². The maximum Gasteiger partial charge on any atom is 0.273 e. The van der Waals surface area contributed by atoms with Crippen LogP contribution in [-0.2, 0) is 5.41 Å². The van der Waals surface area contributed by atoms with Gasteiger partial charge in [0.05, 0.1) is 5.01 Å². The van der Waals surface area contributed by atoms with E-state index in [1.54, 1.807) is 11.3 Å². The van der Waals surface area contributed by atoms with Crippen molar-refractivity contribution in [3.8, 4) is 0 Å². The Morgan fingerprint density at radius 2 is 1.87 bits per heavy atom. The van der Waals surface area contributed by atoms with Crippen molar-refractivity contribution in [1.29, 1.82) is 0 Å². The van der Waals surface area contributed by atoms with Crippen molar-refractivity contribution < 1.29 is 4.79 Å². The zero-order valence-electron chi connectivity index (χ0n) is 14.8. The van der Waals surface area contributed by atoms with Gasteiger partial charge in [-0.1, -0.05) is 27.7 Å². The summed E-state index contributed by atoms with van der Waals surface area (Å²) in [6.07, 6.45) is 4.53. The number of likely N-dealkylation sites (tertiary alicyclic amines) is 1. The summed E-state index contributed by atoms with van der Waals surface area (Å²) in [5.41, 5.74) is 0.671. The number of carbonyl (C=O) groups is 1. The number of carbonyl (C=O) groups excluding carboxylic acids is 1. The lowest BCUT2D eigenvalue weighted by atomic mass is 9.98. The van der Waals surface area contributed by atoms with E-state index < -0.39 is 0 Å². The summed E-state index contributed by atoms with van der Waals surface area (Å²) in [5, 5.41) is 3.01. The average molecular weight is 336 g/mol. The molecule has 0 unspecified atom stereocenters. The van der Waals surface area contributed by atoms with E-state index >= 15 is 0 Å². The summed E-state index contributed by atoms with van der Waals surface area (Å²) in [6, 6.07) is 0.859. The molecule has 1 aromatic rings. The highest BCUT2D eigenvalue weighted by Gasteiger charge is 2.39. The molecule has 1 saturated heterocycles. The first-order chi connectivity index (χ1) is 10.9. The molecule has 23 heavy (non-hydrogen) atoms. The van der Waals surface area contributed by atoms with Crippen molar-refractivity contribution in [2.75, 3.05) is 19.6 Å². The Morgan fingerprint density at radius 3 is 2.35 bits per heavy atom. The highest BCUT2D eigenvalue weighted by Crippen LogP contribution is 2.34. The zero-order valence-corrected chi connectivity index (χ0v) is 15.7. The van der Waals surface area contributed by atoms with Gasteiger partial charge in [0.25, 0.3) is 5.91 Å². The predicted molar refractivity (Wildman–Crippen MR) is 95.1 cm³/mol. The van der Waals surface area contributed by atoms with Crippen LogP contribution in [0.1, 0.15) is 68.9 Å². The molecule has 2 heterocycles. The lowest BCUT2D eigenvalue weighted by Gasteiger charge is -2.38. The predicted octanol–water partition coefficient (Wildman–Crippen LogP) is 3.53. The third-order valence-corrected chi connectivity index (χ3v) is 6.21. The fraction of sp³-hybridized carbons (Fsp3) is 0.778. The highest BCUT2D eigenvalue weighted by molar-refractivity contribution is 7.10. The van der Waals surface area contributed by atoms with Gasteiger partial charge in [-0.25, -0.2) is 4.98 Å². The molecule has 2 fully saturated rings. The number of hydrogen-bond donors (Lipinski definition) is 0. The molecule has 1 aliphatic carbocycles. The van der Waals surface area contributed by atoms with Crippen LogP contribution in [0.4, 0.5) is 0 Å². The Kier molecular flexibility index (Phi) is 4.79. The van der Waals surface area contributed by atoms with Gasteiger partial charge in [-0.3, -0.25) is 4.79 Å². The van der Waals surface area contributed by atoms with Crippen molar-refractivity contribution in [2.45, 2.75) is 70.9 Å². The van der Waals surface area contributed by atoms with Gasteiger partial charge >= 0.3 is 0 Å². The van der Waals surface area contributed by atoms with Crippen LogP contribution in [0.5, 0.6) is 0 Å². The molecular formula is C18H29N3OS. The van der Waals surface area contributed by atoms with Crippen molar-refractivity contribution in [3.63, 3.8) is 0 Å². The van der Waals surface area contributed by atoms with E-state index in [1.807, 2.05) is 5.38 Å². The highest BCUT2D eigenvalue weighted by atomic mass is 32.1. The molecule has 1 aliphatic heterocycles. The number of aromatic nitrogens is 1. The molecule has 0 aromatic carbocycles. The van der Waals surface area contributed by atoms with Crippen LogP contribution >= 0.6 is 11.3 Å². The van der Waals surface area contributed by atoms with Gasteiger partial charge in [-0.2, -0.15) is 0 Å². The Balaban J connectivity index is 1.74. The van der Waals surface area contributed by atoms with E-state index in [2.05, 4.69) is 42.5 Å². The molecule has 1 saturated carbocycles. The maximum atomic E-state index is 13.1. The summed E-state index contributed by atoms with van der Waals surface area (Å²) >= 11 is 1.62. The molecule has 4 nitrogen and oxygen atoms in total. The molecule has 1 amide bonds. The Morgan fingerprint density at radius 1 is 1.26 bits per heavy atom. The fourth-order valence-corrected chi connectivity index (χ4v) is 4.23. The summed E-state index contributed by atoms with van der Waals surface area (Å²) in [4.78, 5) is 22.4. The Bertz CT molecular complexity index is 551. The molecule has 0 bridgehead atoms. The first kappa shape index (κ1) is 16.9. The van der Waals surface area contributed by atoms with Gasteiger partial charge in [-0.05, 0) is 32.2 Å². The SMILES string of the molecule is CCN1CCC(N(C(=O)c2csc(C(C)(C)C)n2)C2CC2)CC1. The minimum absolute atomic E-state index is 0.0140. The van der Waals surface area contributed by atoms with Crippen molar-refractivity contribution in [2.24, 2.45) is 0 Å². The van der Waals surface area contributed by atoms with E-state index in [4.69, 9.17) is 0 Å². The molecule has 0 radical (unpaired) electrons. The minimum Gasteiger partial charge on any atom is -0.331 e. The van der Waals surface area contributed by atoms with E-state index in [1.165, 1.54) is 0 Å². The Hall–Kier alpha value is -0.940. The second kappa shape index (κ2) is 6.52. The van der Waals surface area contributed by atoms with E-state index in [9.17, 15) is 4.79 Å². The zero-order chi connectivity index (χ0) is 16.6. The topological polar surface area (TPSA) is 36.4 Å². The van der Waals surface area contributed by atoms with Crippen LogP contribution < -0.4 is 0 Å². The smallest absolute Gasteiger partial charge is 0.273 e. The van der Waals surface area contributed by atoms with Gasteiger partial charge in [-0.15, -0.1) is 11.3 Å². The van der Waals surface area contributed by atoms with Gasteiger partial charge in [0.1, 0.15) is 5.69 Å². The third-order valence-electron chi connectivity index (χ3n) is 4.94. The van der Waals surface area contributed by atoms with Gasteiger partial charge < -0.3 is 9.80 Å². The summed E-state index contributed by atoms with van der Waals surface area (Å²) in [5.74, 6) is 0.161. The molecule has 0 atom stereocenters. The lowest BCUT2D eigenvalue weighted by Crippen LogP contribution is -2.48. The van der Waals surface area contributed by atoms with Gasteiger partial charge in [0.15, 0.2) is 0 Å². The minimum atomic E-state index is 0.0140. The van der Waals surface area contributed by atoms with Crippen LogP contribution in [0, 0.1) is 0 Å². The van der Waals surface area contributed by atoms with Gasteiger partial charge in [0.2, 0.25) is 0 Å². The average Bonchev–Trinajstić information content (AvgIpc) is 3.21. The number of piperidine rings is 1. The number of rotatable bonds is 4. The second-order valence-corrected chi connectivity index (χ2v) is 8.76. The molecule has 0 N–H and O–H groups in total. The largest absolute Gasteiger partial charge is 0.331 e. The first-order valence-corrected chi connectivity index (χ1v) is 9.79. The van der Waals surface area contributed by atoms with Crippen LogP contribution in [0.15, 0.2) is 5.38 Å². The number of hydrogen-bond acceptors (Lipinski definition) is 4. The number of amides is 1. The summed E-state index contributed by atoms with van der Waals surface area (Å²) < 4.78 is 0. The van der Waals surface area contributed by atoms with E-state index in [-0.39, 0.29) is 11.3 Å². The quantitative estimate of drug-likeness (QED) is 0.844. The second-order valence-electron chi connectivity index (χ2n) is 7.90. The maximum absolute atomic E-state index is 13.1. The lowest BCUT2D eigenvalue weighted by molar-refractivity contribution is 0.0549. The monoisotopic (exact) mass is 335 g/mol. The Labute approximate surface area is 143 Å². The first-order valence-electron chi connectivity index (χ1n) is 8.91. The van der Waals surface area contributed by atoms with Crippen LogP contribution in [0.25, 0.3) is 0 Å². The third kappa shape index (κ3) is 3.77. The molecular weight excluding hydrogens is 306 g/mol. The molecule has 0 spiro atoms. The molecule has 5 heteroatoms. The molecule has 128 valence electrons. The van der Waals surface area contributed by atoms with Crippen LogP contribution in [0.2, 0.25) is 0 Å². The molecule has 1 aromatic heterocycles. The number of nitrogens with zero attached hydrogens (tertiary/aromatic N) is 3. The van der Waals surface area contributed by atoms with Crippen LogP contribution in [0.3, 0.4) is 0 Å². The summed E-state index contributed by atoms with van der Waals surface area (Å²) in [7, 11) is 0. The van der Waals surface area contributed by atoms with E-state index in [0.717, 1.165) is 50.3 Å². The molecule has 2 aliphatic rings. The van der Waals surface area contributed by atoms with Crippen molar-refractivity contribution in [1.82, 2.24) is 14.8 Å².